The van der Waals surface area contributed by atoms with Gasteiger partial charge in [0.2, 0.25) is 0 Å². The van der Waals surface area contributed by atoms with E-state index in [0.717, 1.165) is 5.56 Å². The van der Waals surface area contributed by atoms with E-state index in [2.05, 4.69) is 0 Å². The van der Waals surface area contributed by atoms with Crippen LogP contribution in [0.25, 0.3) is 0 Å². The zero-order chi connectivity index (χ0) is 17.2. The highest BCUT2D eigenvalue weighted by Crippen LogP contribution is 2.23. The molecule has 1 aromatic carbocycles. The molecule has 0 aliphatic rings. The summed E-state index contributed by atoms with van der Waals surface area (Å²) in [4.78, 5) is 21.2. The maximum absolute atomic E-state index is 10.7. The van der Waals surface area contributed by atoms with Gasteiger partial charge in [0.25, 0.3) is 0 Å². The van der Waals surface area contributed by atoms with Gasteiger partial charge >= 0.3 is 0 Å². The van der Waals surface area contributed by atoms with Crippen LogP contribution in [0, 0.1) is 12.3 Å². The fourth-order valence-corrected chi connectivity index (χ4v) is 1.67. The number of rotatable bonds is 7. The molecule has 6 nitrogen and oxygen atoms in total. The molecule has 1 aromatic rings. The van der Waals surface area contributed by atoms with Crippen molar-refractivity contribution in [2.75, 3.05) is 26.9 Å². The van der Waals surface area contributed by atoms with Gasteiger partial charge in [0.1, 0.15) is 5.75 Å². The van der Waals surface area contributed by atoms with Crippen molar-refractivity contribution in [3.63, 3.8) is 0 Å². The molecule has 0 aliphatic carbocycles. The molecule has 0 saturated carbocycles. The Kier molecular flexibility index (Phi) is 9.24. The molecular formula is C16H24O6. The van der Waals surface area contributed by atoms with Crippen molar-refractivity contribution in [3.05, 3.63) is 28.8 Å². The minimum atomic E-state index is -0.667. The Morgan fingerprint density at radius 1 is 1.09 bits per heavy atom. The summed E-state index contributed by atoms with van der Waals surface area (Å²) < 4.78 is 4.98. The number of hydrogen-bond donors (Lipinski definition) is 3. The number of carbonyl (C=O) groups is 2. The molecule has 1 rings (SSSR count). The zero-order valence-corrected chi connectivity index (χ0v) is 13.2. The summed E-state index contributed by atoms with van der Waals surface area (Å²) in [6, 6.07) is 3.35. The van der Waals surface area contributed by atoms with E-state index in [1.807, 2.05) is 6.92 Å². The van der Waals surface area contributed by atoms with Gasteiger partial charge in [-0.15, -0.1) is 0 Å². The number of benzene rings is 1. The Bertz CT molecular complexity index is 462. The van der Waals surface area contributed by atoms with Crippen LogP contribution in [0.4, 0.5) is 0 Å². The fourth-order valence-electron chi connectivity index (χ4n) is 1.67. The average molecular weight is 312 g/mol. The van der Waals surface area contributed by atoms with Crippen LogP contribution in [0.15, 0.2) is 12.1 Å². The molecule has 0 aromatic heterocycles. The summed E-state index contributed by atoms with van der Waals surface area (Å²) in [7, 11) is 1.44. The van der Waals surface area contributed by atoms with Gasteiger partial charge in [-0.2, -0.15) is 0 Å². The molecule has 0 bridgehead atoms. The molecule has 124 valence electrons. The van der Waals surface area contributed by atoms with E-state index in [9.17, 15) is 9.59 Å². The van der Waals surface area contributed by atoms with Crippen LogP contribution < -0.4 is 4.74 Å². The van der Waals surface area contributed by atoms with Gasteiger partial charge in [0, 0.05) is 5.41 Å². The standard InChI is InChI=1S/C10H10O3.C6H14O3/c1-7-3-4-8(5-11)10(13-2)9(7)6-12;1-2-6(3-7,4-8)5-9/h3-6H,1-2H3;7-9H,2-5H2,1H3. The van der Waals surface area contributed by atoms with Crippen molar-refractivity contribution in [1.29, 1.82) is 0 Å². The molecular weight excluding hydrogens is 288 g/mol. The number of hydrogen-bond acceptors (Lipinski definition) is 6. The molecule has 0 saturated heterocycles. The van der Waals surface area contributed by atoms with Gasteiger partial charge in [-0.05, 0) is 25.0 Å². The van der Waals surface area contributed by atoms with Gasteiger partial charge in [-0.1, -0.05) is 13.0 Å². The third-order valence-electron chi connectivity index (χ3n) is 3.65. The van der Waals surface area contributed by atoms with E-state index < -0.39 is 5.41 Å². The number of aliphatic hydroxyl groups excluding tert-OH is 3. The average Bonchev–Trinajstić information content (AvgIpc) is 2.57. The van der Waals surface area contributed by atoms with E-state index in [1.54, 1.807) is 19.1 Å². The van der Waals surface area contributed by atoms with Crippen LogP contribution in [0.3, 0.4) is 0 Å². The monoisotopic (exact) mass is 312 g/mol. The molecule has 0 unspecified atom stereocenters. The molecule has 6 heteroatoms. The minimum absolute atomic E-state index is 0.156. The van der Waals surface area contributed by atoms with Crippen molar-refractivity contribution in [2.24, 2.45) is 5.41 Å². The van der Waals surface area contributed by atoms with E-state index >= 15 is 0 Å². The SMILES string of the molecule is CCC(CO)(CO)CO.COc1c(C=O)ccc(C)c1C=O. The highest BCUT2D eigenvalue weighted by molar-refractivity contribution is 5.89. The second kappa shape index (κ2) is 10.0. The molecule has 22 heavy (non-hydrogen) atoms. The topological polar surface area (TPSA) is 104 Å². The van der Waals surface area contributed by atoms with Crippen molar-refractivity contribution in [1.82, 2.24) is 0 Å². The Morgan fingerprint density at radius 2 is 1.64 bits per heavy atom. The summed E-state index contributed by atoms with van der Waals surface area (Å²) in [5.41, 5.74) is 0.972. The number of aryl methyl sites for hydroxylation is 1. The first kappa shape index (κ1) is 20.2. The summed E-state index contributed by atoms with van der Waals surface area (Å²) in [6.07, 6.45) is 1.96. The lowest BCUT2D eigenvalue weighted by atomic mass is 9.88. The Balaban J connectivity index is 0.000000433. The van der Waals surface area contributed by atoms with Gasteiger partial charge in [0.15, 0.2) is 12.6 Å². The first-order chi connectivity index (χ1) is 10.5. The van der Waals surface area contributed by atoms with Crippen molar-refractivity contribution < 1.29 is 29.6 Å². The lowest BCUT2D eigenvalue weighted by molar-refractivity contribution is 0.00304. The highest BCUT2D eigenvalue weighted by Gasteiger charge is 2.24. The third-order valence-corrected chi connectivity index (χ3v) is 3.65. The van der Waals surface area contributed by atoms with Crippen LogP contribution in [-0.2, 0) is 0 Å². The predicted octanol–water partition coefficient (Wildman–Crippen LogP) is 0.988. The normalized spacial score (nSPS) is 10.5. The number of methoxy groups -OCH3 is 1. The summed E-state index contributed by atoms with van der Waals surface area (Å²) >= 11 is 0. The summed E-state index contributed by atoms with van der Waals surface area (Å²) in [6.45, 7) is 3.15. The van der Waals surface area contributed by atoms with Crippen molar-refractivity contribution in [2.45, 2.75) is 20.3 Å². The van der Waals surface area contributed by atoms with Crippen LogP contribution in [-0.4, -0.2) is 54.8 Å². The van der Waals surface area contributed by atoms with Gasteiger partial charge in [-0.3, -0.25) is 9.59 Å². The predicted molar refractivity (Wildman–Crippen MR) is 82.5 cm³/mol. The number of aliphatic hydroxyl groups is 3. The van der Waals surface area contributed by atoms with Gasteiger partial charge < -0.3 is 20.1 Å². The first-order valence-electron chi connectivity index (χ1n) is 6.89. The molecule has 3 N–H and O–H groups in total. The molecule has 0 heterocycles. The van der Waals surface area contributed by atoms with E-state index in [1.165, 1.54) is 7.11 Å². The van der Waals surface area contributed by atoms with Gasteiger partial charge in [0.05, 0.1) is 38.1 Å². The molecule has 0 aliphatic heterocycles. The van der Waals surface area contributed by atoms with E-state index in [0.29, 0.717) is 35.9 Å². The first-order valence-corrected chi connectivity index (χ1v) is 6.89. The zero-order valence-electron chi connectivity index (χ0n) is 13.2. The fraction of sp³-hybridized carbons (Fsp3) is 0.500. The molecule has 0 fully saturated rings. The van der Waals surface area contributed by atoms with Crippen LogP contribution >= 0.6 is 0 Å². The van der Waals surface area contributed by atoms with Crippen LogP contribution in [0.2, 0.25) is 0 Å². The number of carbonyl (C=O) groups excluding carboxylic acids is 2. The third kappa shape index (κ3) is 4.91. The van der Waals surface area contributed by atoms with Crippen LogP contribution in [0.1, 0.15) is 39.6 Å². The molecule has 0 radical (unpaired) electrons. The lowest BCUT2D eigenvalue weighted by Crippen LogP contribution is -2.32. The second-order valence-corrected chi connectivity index (χ2v) is 4.98. The van der Waals surface area contributed by atoms with Gasteiger partial charge in [-0.25, -0.2) is 0 Å². The maximum Gasteiger partial charge on any atom is 0.154 e. The smallest absolute Gasteiger partial charge is 0.154 e. The number of ether oxygens (including phenoxy) is 1. The Labute approximate surface area is 130 Å². The highest BCUT2D eigenvalue weighted by atomic mass is 16.5. The quantitative estimate of drug-likeness (QED) is 0.649. The summed E-state index contributed by atoms with van der Waals surface area (Å²) in [5, 5.41) is 26.0. The lowest BCUT2D eigenvalue weighted by Gasteiger charge is -2.24. The Morgan fingerprint density at radius 3 is 1.91 bits per heavy atom. The van der Waals surface area contributed by atoms with Crippen LogP contribution in [0.5, 0.6) is 5.75 Å². The summed E-state index contributed by atoms with van der Waals surface area (Å²) in [5.74, 6) is 0.352. The molecule has 0 atom stereocenters. The maximum atomic E-state index is 10.7. The molecule has 0 spiro atoms. The minimum Gasteiger partial charge on any atom is -0.495 e. The Hall–Kier alpha value is -1.76. The second-order valence-electron chi connectivity index (χ2n) is 4.98. The molecule has 0 amide bonds. The van der Waals surface area contributed by atoms with E-state index in [4.69, 9.17) is 20.1 Å². The van der Waals surface area contributed by atoms with E-state index in [-0.39, 0.29) is 19.8 Å². The van der Waals surface area contributed by atoms with Crippen molar-refractivity contribution in [3.8, 4) is 5.75 Å². The van der Waals surface area contributed by atoms with Crippen molar-refractivity contribution >= 4 is 12.6 Å². The number of aldehydes is 2. The largest absolute Gasteiger partial charge is 0.495 e.